The molecule has 0 saturated carbocycles. The summed E-state index contributed by atoms with van der Waals surface area (Å²) in [6, 6.07) is 8.14. The minimum absolute atomic E-state index is 0.00213. The first-order valence-corrected chi connectivity index (χ1v) is 7.46. The van der Waals surface area contributed by atoms with Crippen molar-refractivity contribution in [3.63, 3.8) is 0 Å². The van der Waals surface area contributed by atoms with E-state index in [4.69, 9.17) is 4.74 Å². The quantitative estimate of drug-likeness (QED) is 0.615. The van der Waals surface area contributed by atoms with Crippen LogP contribution in [0.15, 0.2) is 24.3 Å². The van der Waals surface area contributed by atoms with Gasteiger partial charge in [-0.25, -0.2) is 0 Å². The molecule has 0 spiro atoms. The van der Waals surface area contributed by atoms with Crippen molar-refractivity contribution in [3.05, 3.63) is 29.8 Å². The van der Waals surface area contributed by atoms with Crippen molar-refractivity contribution in [1.29, 1.82) is 0 Å². The SMILES string of the molecule is CCCCOC(=O)[Te]c1ccc(C)cc1. The van der Waals surface area contributed by atoms with Gasteiger partial charge < -0.3 is 0 Å². The molecule has 0 atom stereocenters. The average Bonchev–Trinajstić information content (AvgIpc) is 2.22. The fourth-order valence-electron chi connectivity index (χ4n) is 1.03. The number of aryl methyl sites for hydroxylation is 1. The predicted octanol–water partition coefficient (Wildman–Crippen LogP) is 2.26. The van der Waals surface area contributed by atoms with Gasteiger partial charge in [-0.05, 0) is 0 Å². The van der Waals surface area contributed by atoms with Gasteiger partial charge in [0.2, 0.25) is 0 Å². The molecule has 0 aromatic heterocycles. The van der Waals surface area contributed by atoms with Gasteiger partial charge in [-0.3, -0.25) is 0 Å². The molecule has 0 radical (unpaired) electrons. The third-order valence-corrected chi connectivity index (χ3v) is 4.20. The van der Waals surface area contributed by atoms with E-state index in [0.717, 1.165) is 16.5 Å². The van der Waals surface area contributed by atoms with E-state index in [-0.39, 0.29) is 4.02 Å². The normalized spacial score (nSPS) is 10.0. The molecule has 1 rings (SSSR count). The van der Waals surface area contributed by atoms with Crippen molar-refractivity contribution < 1.29 is 9.53 Å². The second-order valence-electron chi connectivity index (χ2n) is 3.37. The number of ether oxygens (including phenoxy) is 1. The summed E-state index contributed by atoms with van der Waals surface area (Å²) >= 11 is -0.811. The first-order chi connectivity index (χ1) is 7.22. The van der Waals surface area contributed by atoms with Crippen LogP contribution in [0, 0.1) is 6.92 Å². The van der Waals surface area contributed by atoms with Crippen molar-refractivity contribution in [2.75, 3.05) is 6.61 Å². The monoisotopic (exact) mass is 322 g/mol. The van der Waals surface area contributed by atoms with Gasteiger partial charge in [0.1, 0.15) is 0 Å². The first kappa shape index (κ1) is 12.5. The fraction of sp³-hybridized carbons (Fsp3) is 0.417. The summed E-state index contributed by atoms with van der Waals surface area (Å²) in [6.07, 6.45) is 2.03. The predicted molar refractivity (Wildman–Crippen MR) is 62.8 cm³/mol. The van der Waals surface area contributed by atoms with Gasteiger partial charge >= 0.3 is 101 Å². The van der Waals surface area contributed by atoms with Crippen LogP contribution in [0.5, 0.6) is 0 Å². The van der Waals surface area contributed by atoms with E-state index in [9.17, 15) is 4.79 Å². The van der Waals surface area contributed by atoms with Gasteiger partial charge in [0.05, 0.1) is 0 Å². The summed E-state index contributed by atoms with van der Waals surface area (Å²) < 4.78 is 6.28. The molecule has 0 aliphatic carbocycles. The number of carbonyl (C=O) groups is 1. The fourth-order valence-corrected chi connectivity index (χ4v) is 2.76. The number of benzene rings is 1. The Labute approximate surface area is 101 Å². The van der Waals surface area contributed by atoms with Gasteiger partial charge in [0, 0.05) is 0 Å². The Kier molecular flexibility index (Phi) is 5.75. The number of hydrogen-bond donors (Lipinski definition) is 0. The molecule has 2 nitrogen and oxygen atoms in total. The van der Waals surface area contributed by atoms with Crippen molar-refractivity contribution in [2.24, 2.45) is 0 Å². The summed E-state index contributed by atoms with van der Waals surface area (Å²) in [4.78, 5) is 11.4. The van der Waals surface area contributed by atoms with E-state index in [1.807, 2.05) is 31.2 Å². The van der Waals surface area contributed by atoms with E-state index < -0.39 is 20.9 Å². The zero-order valence-electron chi connectivity index (χ0n) is 9.16. The first-order valence-electron chi connectivity index (χ1n) is 5.13. The Morgan fingerprint density at radius 3 is 2.60 bits per heavy atom. The standard InChI is InChI=1S/C12H16O2Te/c1-3-4-9-14-12(13)15-11-7-5-10(2)6-8-11/h5-8H,3-4,9H2,1-2H3. The van der Waals surface area contributed by atoms with Gasteiger partial charge in [0.15, 0.2) is 0 Å². The topological polar surface area (TPSA) is 26.3 Å². The van der Waals surface area contributed by atoms with Crippen LogP contribution < -0.4 is 3.61 Å². The molecule has 0 N–H and O–H groups in total. The molecule has 0 amide bonds. The molecule has 0 bridgehead atoms. The zero-order valence-corrected chi connectivity index (χ0v) is 11.5. The number of rotatable bonds is 5. The number of unbranched alkanes of at least 4 members (excludes halogenated alkanes) is 1. The summed E-state index contributed by atoms with van der Waals surface area (Å²) in [7, 11) is 0. The molecule has 15 heavy (non-hydrogen) atoms. The van der Waals surface area contributed by atoms with Gasteiger partial charge in [-0.15, -0.1) is 0 Å². The van der Waals surface area contributed by atoms with Crippen LogP contribution in [-0.4, -0.2) is 31.5 Å². The molecule has 0 unspecified atom stereocenters. The van der Waals surface area contributed by atoms with Crippen molar-refractivity contribution >= 4 is 28.6 Å². The van der Waals surface area contributed by atoms with Crippen molar-refractivity contribution in [1.82, 2.24) is 0 Å². The molecular weight excluding hydrogens is 304 g/mol. The molecular formula is C12H16O2Te. The second kappa shape index (κ2) is 6.87. The van der Waals surface area contributed by atoms with Crippen molar-refractivity contribution in [2.45, 2.75) is 26.7 Å². The van der Waals surface area contributed by atoms with Crippen LogP contribution >= 0.6 is 0 Å². The number of carbonyl (C=O) groups excluding carboxylic acids is 1. The molecule has 1 aromatic rings. The summed E-state index contributed by atoms with van der Waals surface area (Å²) in [5.41, 5.74) is 1.23. The van der Waals surface area contributed by atoms with Crippen LogP contribution in [-0.2, 0) is 4.74 Å². The summed E-state index contributed by atoms with van der Waals surface area (Å²) in [5.74, 6) is 0. The second-order valence-corrected chi connectivity index (χ2v) is 6.25. The average molecular weight is 320 g/mol. The van der Waals surface area contributed by atoms with Crippen LogP contribution in [0.3, 0.4) is 0 Å². The van der Waals surface area contributed by atoms with E-state index in [2.05, 4.69) is 6.92 Å². The molecule has 0 aliphatic heterocycles. The maximum absolute atomic E-state index is 11.4. The molecule has 0 aliphatic rings. The van der Waals surface area contributed by atoms with Gasteiger partial charge in [-0.1, -0.05) is 0 Å². The van der Waals surface area contributed by atoms with E-state index in [0.29, 0.717) is 6.61 Å². The summed E-state index contributed by atoms with van der Waals surface area (Å²) in [5, 5.41) is 0. The third kappa shape index (κ3) is 5.20. The van der Waals surface area contributed by atoms with Crippen LogP contribution in [0.25, 0.3) is 0 Å². The third-order valence-electron chi connectivity index (χ3n) is 1.94. The van der Waals surface area contributed by atoms with Crippen LogP contribution in [0.2, 0.25) is 0 Å². The Morgan fingerprint density at radius 2 is 2.00 bits per heavy atom. The Bertz CT molecular complexity index is 306. The number of hydrogen-bond acceptors (Lipinski definition) is 2. The molecule has 1 aromatic carbocycles. The molecule has 3 heteroatoms. The van der Waals surface area contributed by atoms with Crippen LogP contribution in [0.1, 0.15) is 25.3 Å². The maximum atomic E-state index is 11.4. The van der Waals surface area contributed by atoms with Crippen LogP contribution in [0.4, 0.5) is 4.79 Å². The Hall–Kier alpha value is -0.520. The van der Waals surface area contributed by atoms with Gasteiger partial charge in [-0.2, -0.15) is 0 Å². The molecule has 82 valence electrons. The minimum atomic E-state index is -0.811. The zero-order chi connectivity index (χ0) is 11.1. The van der Waals surface area contributed by atoms with E-state index in [1.54, 1.807) is 0 Å². The van der Waals surface area contributed by atoms with E-state index >= 15 is 0 Å². The molecule has 0 heterocycles. The molecule has 0 fully saturated rings. The van der Waals surface area contributed by atoms with E-state index in [1.165, 1.54) is 5.56 Å². The Morgan fingerprint density at radius 1 is 1.33 bits per heavy atom. The van der Waals surface area contributed by atoms with Crippen molar-refractivity contribution in [3.8, 4) is 0 Å². The summed E-state index contributed by atoms with van der Waals surface area (Å²) in [6.45, 7) is 4.71. The Balaban J connectivity index is 2.34. The van der Waals surface area contributed by atoms with Gasteiger partial charge in [0.25, 0.3) is 0 Å². The molecule has 0 saturated heterocycles.